The highest BCUT2D eigenvalue weighted by Gasteiger charge is 2.06. The van der Waals surface area contributed by atoms with Crippen LogP contribution in [0, 0.1) is 5.82 Å². The number of aromatic nitrogens is 1. The largest absolute Gasteiger partial charge is 0.481 e. The predicted molar refractivity (Wildman–Crippen MR) is 76.4 cm³/mol. The summed E-state index contributed by atoms with van der Waals surface area (Å²) in [6.45, 7) is 3.42. The molecule has 0 fully saturated rings. The first-order valence-electron chi connectivity index (χ1n) is 6.19. The Labute approximate surface area is 121 Å². The molecule has 108 valence electrons. The standard InChI is InChI=1S/C15H14FN3O2/c1-11(13-7-4-5-9-17-13)18-19-15(20)10-21-14-8-3-2-6-12(14)16/h2-9,18H,1,10H2,(H,19,20). The van der Waals surface area contributed by atoms with Crippen LogP contribution < -0.4 is 15.6 Å². The first kappa shape index (κ1) is 14.5. The van der Waals surface area contributed by atoms with Crippen molar-refractivity contribution in [1.82, 2.24) is 15.8 Å². The fourth-order valence-electron chi connectivity index (χ4n) is 1.49. The molecule has 0 saturated carbocycles. The number of rotatable bonds is 6. The van der Waals surface area contributed by atoms with Gasteiger partial charge in [0.2, 0.25) is 0 Å². The topological polar surface area (TPSA) is 63.2 Å². The third-order valence-electron chi connectivity index (χ3n) is 2.52. The van der Waals surface area contributed by atoms with E-state index in [0.29, 0.717) is 11.4 Å². The molecule has 0 unspecified atom stereocenters. The predicted octanol–water partition coefficient (Wildman–Crippen LogP) is 1.89. The van der Waals surface area contributed by atoms with Crippen LogP contribution in [0.5, 0.6) is 5.75 Å². The second kappa shape index (κ2) is 7.04. The molecular weight excluding hydrogens is 273 g/mol. The normalized spacial score (nSPS) is 9.76. The first-order chi connectivity index (χ1) is 10.2. The highest BCUT2D eigenvalue weighted by atomic mass is 19.1. The van der Waals surface area contributed by atoms with E-state index in [2.05, 4.69) is 22.4 Å². The van der Waals surface area contributed by atoms with Crippen LogP contribution in [0.2, 0.25) is 0 Å². The highest BCUT2D eigenvalue weighted by molar-refractivity contribution is 5.78. The molecule has 0 radical (unpaired) electrons. The summed E-state index contributed by atoms with van der Waals surface area (Å²) >= 11 is 0. The van der Waals surface area contributed by atoms with Gasteiger partial charge in [-0.1, -0.05) is 24.8 Å². The van der Waals surface area contributed by atoms with Crippen LogP contribution in [-0.4, -0.2) is 17.5 Å². The van der Waals surface area contributed by atoms with Crippen molar-refractivity contribution in [3.8, 4) is 5.75 Å². The van der Waals surface area contributed by atoms with Crippen molar-refractivity contribution in [3.63, 3.8) is 0 Å². The molecule has 1 aromatic heterocycles. The summed E-state index contributed by atoms with van der Waals surface area (Å²) in [4.78, 5) is 15.6. The van der Waals surface area contributed by atoms with Gasteiger partial charge in [0.05, 0.1) is 11.4 Å². The quantitative estimate of drug-likeness (QED) is 0.796. The van der Waals surface area contributed by atoms with Gasteiger partial charge in [0.25, 0.3) is 5.91 Å². The number of nitrogens with zero attached hydrogens (tertiary/aromatic N) is 1. The lowest BCUT2D eigenvalue weighted by molar-refractivity contribution is -0.123. The van der Waals surface area contributed by atoms with Gasteiger partial charge >= 0.3 is 0 Å². The van der Waals surface area contributed by atoms with Gasteiger partial charge in [0.15, 0.2) is 18.2 Å². The van der Waals surface area contributed by atoms with Crippen LogP contribution in [0.3, 0.4) is 0 Å². The molecule has 5 nitrogen and oxygen atoms in total. The van der Waals surface area contributed by atoms with Gasteiger partial charge in [-0.3, -0.25) is 20.6 Å². The minimum atomic E-state index is -0.517. The number of hydrogen-bond acceptors (Lipinski definition) is 4. The Morgan fingerprint density at radius 1 is 1.19 bits per heavy atom. The fraction of sp³-hybridized carbons (Fsp3) is 0.0667. The van der Waals surface area contributed by atoms with Gasteiger partial charge in [0, 0.05) is 6.20 Å². The average molecular weight is 287 g/mol. The van der Waals surface area contributed by atoms with Gasteiger partial charge in [-0.25, -0.2) is 4.39 Å². The van der Waals surface area contributed by atoms with Crippen LogP contribution in [0.25, 0.3) is 5.70 Å². The molecule has 0 aliphatic heterocycles. The van der Waals surface area contributed by atoms with Gasteiger partial charge in [-0.05, 0) is 24.3 Å². The molecule has 2 aromatic rings. The SMILES string of the molecule is C=C(NNC(=O)COc1ccccc1F)c1ccccn1. The molecule has 1 amide bonds. The van der Waals surface area contributed by atoms with Crippen molar-refractivity contribution in [2.24, 2.45) is 0 Å². The van der Waals surface area contributed by atoms with E-state index in [0.717, 1.165) is 0 Å². The Morgan fingerprint density at radius 3 is 2.67 bits per heavy atom. The van der Waals surface area contributed by atoms with E-state index >= 15 is 0 Å². The summed E-state index contributed by atoms with van der Waals surface area (Å²) in [7, 11) is 0. The third kappa shape index (κ3) is 4.31. The second-order valence-corrected chi connectivity index (χ2v) is 4.09. The summed E-state index contributed by atoms with van der Waals surface area (Å²) in [5.41, 5.74) is 6.06. The molecule has 0 aliphatic rings. The van der Waals surface area contributed by atoms with Crippen molar-refractivity contribution < 1.29 is 13.9 Å². The molecule has 21 heavy (non-hydrogen) atoms. The number of pyridine rings is 1. The van der Waals surface area contributed by atoms with Crippen LogP contribution in [0.15, 0.2) is 55.2 Å². The van der Waals surface area contributed by atoms with E-state index in [4.69, 9.17) is 4.74 Å². The number of hydrazine groups is 1. The number of hydrogen-bond donors (Lipinski definition) is 2. The van der Waals surface area contributed by atoms with Crippen LogP contribution in [0.1, 0.15) is 5.69 Å². The zero-order valence-corrected chi connectivity index (χ0v) is 11.2. The molecule has 0 aliphatic carbocycles. The number of carbonyl (C=O) groups is 1. The van der Waals surface area contributed by atoms with Gasteiger partial charge < -0.3 is 4.74 Å². The minimum absolute atomic E-state index is 0.0243. The molecule has 6 heteroatoms. The molecule has 0 spiro atoms. The molecule has 0 bridgehead atoms. The summed E-state index contributed by atoms with van der Waals surface area (Å²) in [6, 6.07) is 11.2. The Balaban J connectivity index is 1.78. The lowest BCUT2D eigenvalue weighted by atomic mass is 10.3. The average Bonchev–Trinajstić information content (AvgIpc) is 2.52. The second-order valence-electron chi connectivity index (χ2n) is 4.09. The summed E-state index contributed by atoms with van der Waals surface area (Å²) in [5.74, 6) is -0.956. The lowest BCUT2D eigenvalue weighted by Gasteiger charge is -2.11. The monoisotopic (exact) mass is 287 g/mol. The zero-order chi connectivity index (χ0) is 15.1. The number of amides is 1. The number of para-hydroxylation sites is 1. The number of carbonyl (C=O) groups excluding carboxylic acids is 1. The van der Waals surface area contributed by atoms with Crippen molar-refractivity contribution in [1.29, 1.82) is 0 Å². The van der Waals surface area contributed by atoms with Crippen LogP contribution in [-0.2, 0) is 4.79 Å². The smallest absolute Gasteiger partial charge is 0.276 e. The van der Waals surface area contributed by atoms with E-state index in [1.165, 1.54) is 12.1 Å². The maximum Gasteiger partial charge on any atom is 0.276 e. The first-order valence-corrected chi connectivity index (χ1v) is 6.19. The molecule has 2 N–H and O–H groups in total. The summed E-state index contributed by atoms with van der Waals surface area (Å²) < 4.78 is 18.3. The Bertz CT molecular complexity index is 632. The Kier molecular flexibility index (Phi) is 4.87. The number of ether oxygens (including phenoxy) is 1. The molecular formula is C15H14FN3O2. The maximum absolute atomic E-state index is 13.3. The Morgan fingerprint density at radius 2 is 1.95 bits per heavy atom. The molecule has 2 rings (SSSR count). The van der Waals surface area contributed by atoms with Crippen molar-refractivity contribution in [2.45, 2.75) is 0 Å². The highest BCUT2D eigenvalue weighted by Crippen LogP contribution is 2.14. The number of halogens is 1. The van der Waals surface area contributed by atoms with Crippen LogP contribution >= 0.6 is 0 Å². The Hall–Kier alpha value is -2.89. The maximum atomic E-state index is 13.3. The van der Waals surface area contributed by atoms with Crippen molar-refractivity contribution >= 4 is 11.6 Å². The van der Waals surface area contributed by atoms with Crippen LogP contribution in [0.4, 0.5) is 4.39 Å². The molecule has 0 atom stereocenters. The molecule has 1 aromatic carbocycles. The van der Waals surface area contributed by atoms with Gasteiger partial charge in [-0.15, -0.1) is 0 Å². The lowest BCUT2D eigenvalue weighted by Crippen LogP contribution is -2.39. The number of benzene rings is 1. The number of nitrogens with one attached hydrogen (secondary N) is 2. The third-order valence-corrected chi connectivity index (χ3v) is 2.52. The molecule has 1 heterocycles. The van der Waals surface area contributed by atoms with Crippen molar-refractivity contribution in [2.75, 3.05) is 6.61 Å². The van der Waals surface area contributed by atoms with E-state index < -0.39 is 11.7 Å². The summed E-state index contributed by atoms with van der Waals surface area (Å²) in [6.07, 6.45) is 1.62. The van der Waals surface area contributed by atoms with Gasteiger partial charge in [-0.2, -0.15) is 0 Å². The van der Waals surface area contributed by atoms with Crippen molar-refractivity contribution in [3.05, 3.63) is 66.8 Å². The van der Waals surface area contributed by atoms with E-state index in [1.54, 1.807) is 36.5 Å². The van der Waals surface area contributed by atoms with E-state index in [-0.39, 0.29) is 12.4 Å². The fourth-order valence-corrected chi connectivity index (χ4v) is 1.49. The van der Waals surface area contributed by atoms with E-state index in [1.807, 2.05) is 0 Å². The molecule has 0 saturated heterocycles. The van der Waals surface area contributed by atoms with Gasteiger partial charge in [0.1, 0.15) is 0 Å². The van der Waals surface area contributed by atoms with E-state index in [9.17, 15) is 9.18 Å². The zero-order valence-electron chi connectivity index (χ0n) is 11.2. The summed E-state index contributed by atoms with van der Waals surface area (Å²) in [5, 5.41) is 0. The minimum Gasteiger partial charge on any atom is -0.481 e.